The lowest BCUT2D eigenvalue weighted by Crippen LogP contribution is -2.52. The Balaban J connectivity index is 1.27. The zero-order chi connectivity index (χ0) is 23.0. The average molecular weight is 514 g/mol. The number of nitrogens with zero attached hydrogens (tertiary/aromatic N) is 4. The topological polar surface area (TPSA) is 91.9 Å². The van der Waals surface area contributed by atoms with Crippen molar-refractivity contribution in [2.75, 3.05) is 26.2 Å². The van der Waals surface area contributed by atoms with Gasteiger partial charge in [-0.3, -0.25) is 14.2 Å². The van der Waals surface area contributed by atoms with Crippen LogP contribution >= 0.6 is 15.9 Å². The van der Waals surface area contributed by atoms with Crippen molar-refractivity contribution in [2.24, 2.45) is 5.92 Å². The molecule has 0 unspecified atom stereocenters. The lowest BCUT2D eigenvalue weighted by molar-refractivity contribution is -0.141. The van der Waals surface area contributed by atoms with Crippen molar-refractivity contribution in [3.05, 3.63) is 69.3 Å². The predicted octanol–water partition coefficient (Wildman–Crippen LogP) is 2.01. The van der Waals surface area contributed by atoms with E-state index in [4.69, 9.17) is 0 Å². The fourth-order valence-corrected chi connectivity index (χ4v) is 5.58. The van der Waals surface area contributed by atoms with Gasteiger partial charge in [-0.2, -0.15) is 5.10 Å². The quantitative estimate of drug-likeness (QED) is 0.556. The number of aliphatic hydroxyl groups is 1. The van der Waals surface area contributed by atoms with Crippen molar-refractivity contribution >= 4 is 27.4 Å². The van der Waals surface area contributed by atoms with E-state index in [0.29, 0.717) is 36.1 Å². The third-order valence-corrected chi connectivity index (χ3v) is 7.69. The zero-order valence-electron chi connectivity index (χ0n) is 18.4. The van der Waals surface area contributed by atoms with E-state index >= 15 is 0 Å². The maximum Gasteiger partial charge on any atom is 0.277 e. The van der Waals surface area contributed by atoms with Crippen LogP contribution in [0.2, 0.25) is 0 Å². The van der Waals surface area contributed by atoms with Crippen LogP contribution in [-0.2, 0) is 11.3 Å². The van der Waals surface area contributed by atoms with Crippen LogP contribution in [0.3, 0.4) is 0 Å². The van der Waals surface area contributed by atoms with E-state index in [1.165, 1.54) is 21.0 Å². The van der Waals surface area contributed by atoms with Gasteiger partial charge in [-0.1, -0.05) is 30.3 Å². The molecule has 0 aliphatic carbocycles. The summed E-state index contributed by atoms with van der Waals surface area (Å²) >= 11 is 3.37. The number of carbonyl (C=O) groups excluding carboxylic acids is 1. The van der Waals surface area contributed by atoms with Gasteiger partial charge in [0.1, 0.15) is 16.4 Å². The first-order valence-electron chi connectivity index (χ1n) is 11.4. The minimum Gasteiger partial charge on any atom is -0.388 e. The van der Waals surface area contributed by atoms with E-state index in [1.54, 1.807) is 12.1 Å². The summed E-state index contributed by atoms with van der Waals surface area (Å²) in [5, 5.41) is 18.9. The molecule has 2 aromatic heterocycles. The number of hydrogen-bond acceptors (Lipinski definition) is 5. The van der Waals surface area contributed by atoms with E-state index in [1.807, 2.05) is 23.1 Å². The summed E-state index contributed by atoms with van der Waals surface area (Å²) in [6.07, 6.45) is 3.15. The van der Waals surface area contributed by atoms with Gasteiger partial charge in [0.15, 0.2) is 0 Å². The summed E-state index contributed by atoms with van der Waals surface area (Å²) in [6, 6.07) is 13.7. The molecule has 5 rings (SSSR count). The fraction of sp³-hybridized carbons (Fsp3) is 0.458. The SMILES string of the molecule is O=C([C@@H]1CCNC[C@H]1c1ccccc1)N1CCC(O)(Cn2cnn3c(Br)ccc3c2=O)CC1. The summed E-state index contributed by atoms with van der Waals surface area (Å²) in [5.41, 5.74) is 0.412. The lowest BCUT2D eigenvalue weighted by atomic mass is 9.80. The molecule has 0 bridgehead atoms. The summed E-state index contributed by atoms with van der Waals surface area (Å²) < 4.78 is 3.71. The Morgan fingerprint density at radius 2 is 1.94 bits per heavy atom. The number of benzene rings is 1. The number of nitrogens with one attached hydrogen (secondary N) is 1. The van der Waals surface area contributed by atoms with Gasteiger partial charge in [-0.15, -0.1) is 0 Å². The molecule has 2 N–H and O–H groups in total. The third kappa shape index (κ3) is 4.37. The molecule has 0 spiro atoms. The second-order valence-electron chi connectivity index (χ2n) is 9.18. The highest BCUT2D eigenvalue weighted by Gasteiger charge is 2.39. The Morgan fingerprint density at radius 3 is 2.70 bits per heavy atom. The number of fused-ring (bicyclic) bond motifs is 1. The van der Waals surface area contributed by atoms with Crippen molar-refractivity contribution in [1.82, 2.24) is 24.4 Å². The molecule has 0 saturated carbocycles. The standard InChI is InChI=1S/C24H28BrN5O3/c25-21-7-6-20-23(32)29(16-27-30(20)21)15-24(33)9-12-28(13-10-24)22(31)18-8-11-26-14-19(18)17-4-2-1-3-5-17/h1-7,16,18-19,26,33H,8-15H2/t18-,19+/m1/s1. The first kappa shape index (κ1) is 22.3. The highest BCUT2D eigenvalue weighted by molar-refractivity contribution is 9.10. The summed E-state index contributed by atoms with van der Waals surface area (Å²) in [4.78, 5) is 28.2. The van der Waals surface area contributed by atoms with E-state index in [-0.39, 0.29) is 29.8 Å². The Morgan fingerprint density at radius 1 is 1.18 bits per heavy atom. The third-order valence-electron chi connectivity index (χ3n) is 7.09. The average Bonchev–Trinajstić information content (AvgIpc) is 3.23. The van der Waals surface area contributed by atoms with Crippen LogP contribution in [0.15, 0.2) is 58.2 Å². The van der Waals surface area contributed by atoms with Gasteiger partial charge < -0.3 is 15.3 Å². The van der Waals surface area contributed by atoms with Crippen LogP contribution < -0.4 is 10.9 Å². The number of aromatic nitrogens is 3. The second kappa shape index (κ2) is 9.04. The number of halogens is 1. The van der Waals surface area contributed by atoms with Crippen molar-refractivity contribution in [1.29, 1.82) is 0 Å². The van der Waals surface area contributed by atoms with Gasteiger partial charge in [0.25, 0.3) is 5.56 Å². The van der Waals surface area contributed by atoms with E-state index in [0.717, 1.165) is 19.5 Å². The number of rotatable bonds is 4. The Kier molecular flexibility index (Phi) is 6.11. The normalized spacial score (nSPS) is 23.0. The van der Waals surface area contributed by atoms with E-state index in [2.05, 4.69) is 38.5 Å². The van der Waals surface area contributed by atoms with Gasteiger partial charge in [0, 0.05) is 31.5 Å². The molecule has 8 nitrogen and oxygen atoms in total. The van der Waals surface area contributed by atoms with Gasteiger partial charge in [-0.25, -0.2) is 4.52 Å². The molecule has 2 aliphatic rings. The molecule has 174 valence electrons. The molecule has 2 atom stereocenters. The first-order chi connectivity index (χ1) is 16.0. The zero-order valence-corrected chi connectivity index (χ0v) is 19.9. The van der Waals surface area contributed by atoms with Gasteiger partial charge in [0.2, 0.25) is 5.91 Å². The summed E-state index contributed by atoms with van der Waals surface area (Å²) in [5.74, 6) is 0.276. The van der Waals surface area contributed by atoms with Crippen LogP contribution in [0.1, 0.15) is 30.7 Å². The van der Waals surface area contributed by atoms with E-state index in [9.17, 15) is 14.7 Å². The van der Waals surface area contributed by atoms with Crippen LogP contribution in [0, 0.1) is 5.92 Å². The number of amides is 1. The lowest BCUT2D eigenvalue weighted by Gasteiger charge is -2.41. The highest BCUT2D eigenvalue weighted by Crippen LogP contribution is 2.33. The second-order valence-corrected chi connectivity index (χ2v) is 10.00. The van der Waals surface area contributed by atoms with Crippen molar-refractivity contribution in [2.45, 2.75) is 37.3 Å². The fourth-order valence-electron chi connectivity index (χ4n) is 5.17. The largest absolute Gasteiger partial charge is 0.388 e. The number of piperidine rings is 2. The number of carbonyl (C=O) groups is 1. The molecule has 3 aromatic rings. The van der Waals surface area contributed by atoms with Crippen LogP contribution in [-0.4, -0.2) is 61.9 Å². The van der Waals surface area contributed by atoms with Crippen LogP contribution in [0.25, 0.3) is 5.52 Å². The molecular weight excluding hydrogens is 486 g/mol. The summed E-state index contributed by atoms with van der Waals surface area (Å²) in [6.45, 7) is 2.78. The molecule has 2 fully saturated rings. The highest BCUT2D eigenvalue weighted by atomic mass is 79.9. The molecule has 1 amide bonds. The van der Waals surface area contributed by atoms with Gasteiger partial charge >= 0.3 is 0 Å². The van der Waals surface area contributed by atoms with Gasteiger partial charge in [-0.05, 0) is 59.4 Å². The Labute approximate surface area is 200 Å². The van der Waals surface area contributed by atoms with Crippen molar-refractivity contribution in [3.63, 3.8) is 0 Å². The van der Waals surface area contributed by atoms with Crippen LogP contribution in [0.5, 0.6) is 0 Å². The molecule has 2 aliphatic heterocycles. The predicted molar refractivity (Wildman–Crippen MR) is 128 cm³/mol. The summed E-state index contributed by atoms with van der Waals surface area (Å²) in [7, 11) is 0. The van der Waals surface area contributed by atoms with E-state index < -0.39 is 5.60 Å². The smallest absolute Gasteiger partial charge is 0.277 e. The monoisotopic (exact) mass is 513 g/mol. The Bertz CT molecular complexity index is 1200. The molecule has 4 heterocycles. The maximum absolute atomic E-state index is 13.5. The molecule has 33 heavy (non-hydrogen) atoms. The molecule has 9 heteroatoms. The number of hydrogen-bond donors (Lipinski definition) is 2. The number of likely N-dealkylation sites (tertiary alicyclic amines) is 1. The minimum atomic E-state index is -1.04. The molecule has 1 aromatic carbocycles. The molecule has 2 saturated heterocycles. The van der Waals surface area contributed by atoms with Crippen LogP contribution in [0.4, 0.5) is 0 Å². The van der Waals surface area contributed by atoms with Gasteiger partial charge in [0.05, 0.1) is 12.1 Å². The minimum absolute atomic E-state index is 0.0538. The molecular formula is C24H28BrN5O3. The maximum atomic E-state index is 13.5. The van der Waals surface area contributed by atoms with Crippen molar-refractivity contribution in [3.8, 4) is 0 Å². The Hall–Kier alpha value is -2.49. The van der Waals surface area contributed by atoms with Crippen molar-refractivity contribution < 1.29 is 9.90 Å². The molecule has 0 radical (unpaired) electrons. The first-order valence-corrected chi connectivity index (χ1v) is 12.2.